The molecule has 0 amide bonds. The maximum absolute atomic E-state index is 5.54. The zero-order chi connectivity index (χ0) is 10.7. The first kappa shape index (κ1) is 11.4. The van der Waals surface area contributed by atoms with Crippen molar-refractivity contribution in [2.45, 2.75) is 51.3 Å². The van der Waals surface area contributed by atoms with Gasteiger partial charge in [0, 0.05) is 31.8 Å². The second-order valence-electron chi connectivity index (χ2n) is 4.81. The first-order valence-electron chi connectivity index (χ1n) is 6.40. The molecule has 0 aromatic heterocycles. The molecule has 1 N–H and O–H groups in total. The minimum Gasteiger partial charge on any atom is -0.377 e. The molecule has 0 spiro atoms. The van der Waals surface area contributed by atoms with E-state index in [-0.39, 0.29) is 0 Å². The molecule has 3 nitrogen and oxygen atoms in total. The Hall–Kier alpha value is -0.120. The van der Waals surface area contributed by atoms with Crippen LogP contribution in [-0.4, -0.2) is 49.3 Å². The number of nitrogens with zero attached hydrogens (tertiary/aromatic N) is 1. The Balaban J connectivity index is 1.71. The monoisotopic (exact) mass is 212 g/mol. The van der Waals surface area contributed by atoms with Crippen LogP contribution >= 0.6 is 0 Å². The first-order valence-corrected chi connectivity index (χ1v) is 6.40. The van der Waals surface area contributed by atoms with Gasteiger partial charge in [-0.1, -0.05) is 0 Å². The van der Waals surface area contributed by atoms with Crippen LogP contribution < -0.4 is 5.32 Å². The third-order valence-electron chi connectivity index (χ3n) is 3.72. The highest BCUT2D eigenvalue weighted by atomic mass is 16.5. The summed E-state index contributed by atoms with van der Waals surface area (Å²) in [6.07, 6.45) is 4.46. The number of hydrogen-bond donors (Lipinski definition) is 1. The van der Waals surface area contributed by atoms with Gasteiger partial charge in [-0.25, -0.2) is 0 Å². The van der Waals surface area contributed by atoms with Crippen LogP contribution in [0.2, 0.25) is 0 Å². The number of nitrogens with one attached hydrogen (secondary N) is 1. The van der Waals surface area contributed by atoms with Crippen LogP contribution in [0.3, 0.4) is 0 Å². The number of fused-ring (bicyclic) bond motifs is 1. The fraction of sp³-hybridized carbons (Fsp3) is 1.00. The van der Waals surface area contributed by atoms with Crippen LogP contribution in [0.25, 0.3) is 0 Å². The van der Waals surface area contributed by atoms with E-state index in [0.29, 0.717) is 6.10 Å². The van der Waals surface area contributed by atoms with Gasteiger partial charge >= 0.3 is 0 Å². The summed E-state index contributed by atoms with van der Waals surface area (Å²) in [5.74, 6) is 0. The summed E-state index contributed by atoms with van der Waals surface area (Å²) in [5.41, 5.74) is 0. The zero-order valence-corrected chi connectivity index (χ0v) is 10.0. The molecule has 88 valence electrons. The minimum absolute atomic E-state index is 0.352. The van der Waals surface area contributed by atoms with Crippen LogP contribution in [0.4, 0.5) is 0 Å². The van der Waals surface area contributed by atoms with Crippen molar-refractivity contribution in [1.82, 2.24) is 10.2 Å². The number of hydrogen-bond acceptors (Lipinski definition) is 3. The molecule has 15 heavy (non-hydrogen) atoms. The lowest BCUT2D eigenvalue weighted by atomic mass is 10.1. The van der Waals surface area contributed by atoms with E-state index in [1.165, 1.54) is 32.4 Å². The van der Waals surface area contributed by atoms with E-state index in [1.54, 1.807) is 0 Å². The largest absolute Gasteiger partial charge is 0.377 e. The molecule has 0 aromatic carbocycles. The van der Waals surface area contributed by atoms with Gasteiger partial charge in [-0.2, -0.15) is 0 Å². The topological polar surface area (TPSA) is 24.5 Å². The zero-order valence-electron chi connectivity index (χ0n) is 10.0. The number of rotatable bonds is 5. The Labute approximate surface area is 93.2 Å². The van der Waals surface area contributed by atoms with Gasteiger partial charge in [0.25, 0.3) is 0 Å². The molecular weight excluding hydrogens is 188 g/mol. The van der Waals surface area contributed by atoms with Gasteiger partial charge < -0.3 is 10.1 Å². The summed E-state index contributed by atoms with van der Waals surface area (Å²) in [6, 6.07) is 1.54. The van der Waals surface area contributed by atoms with E-state index in [9.17, 15) is 0 Å². The van der Waals surface area contributed by atoms with Crippen LogP contribution in [0.5, 0.6) is 0 Å². The Morgan fingerprint density at radius 3 is 3.07 bits per heavy atom. The van der Waals surface area contributed by atoms with E-state index in [0.717, 1.165) is 25.2 Å². The fourth-order valence-electron chi connectivity index (χ4n) is 2.98. The van der Waals surface area contributed by atoms with Gasteiger partial charge in [0.1, 0.15) is 0 Å². The van der Waals surface area contributed by atoms with Gasteiger partial charge in [-0.3, -0.25) is 4.90 Å². The van der Waals surface area contributed by atoms with Crippen molar-refractivity contribution in [3.63, 3.8) is 0 Å². The molecule has 2 aliphatic rings. The van der Waals surface area contributed by atoms with Crippen LogP contribution in [-0.2, 0) is 4.74 Å². The summed E-state index contributed by atoms with van der Waals surface area (Å²) in [5, 5.41) is 3.67. The molecule has 3 unspecified atom stereocenters. The molecule has 3 heteroatoms. The lowest BCUT2D eigenvalue weighted by Gasteiger charge is -2.23. The summed E-state index contributed by atoms with van der Waals surface area (Å²) in [6.45, 7) is 8.66. The Bertz CT molecular complexity index is 198. The summed E-state index contributed by atoms with van der Waals surface area (Å²) >= 11 is 0. The third kappa shape index (κ3) is 2.71. The van der Waals surface area contributed by atoms with E-state index >= 15 is 0 Å². The van der Waals surface area contributed by atoms with Gasteiger partial charge in [0.15, 0.2) is 0 Å². The second-order valence-corrected chi connectivity index (χ2v) is 4.81. The fourth-order valence-corrected chi connectivity index (χ4v) is 2.98. The average molecular weight is 212 g/mol. The molecule has 0 radical (unpaired) electrons. The van der Waals surface area contributed by atoms with Crippen molar-refractivity contribution in [1.29, 1.82) is 0 Å². The van der Waals surface area contributed by atoms with Crippen molar-refractivity contribution in [2.24, 2.45) is 0 Å². The molecule has 0 aliphatic carbocycles. The van der Waals surface area contributed by atoms with Gasteiger partial charge in [0.2, 0.25) is 0 Å². The quantitative estimate of drug-likeness (QED) is 0.742. The summed E-state index contributed by atoms with van der Waals surface area (Å²) < 4.78 is 5.54. The van der Waals surface area contributed by atoms with E-state index < -0.39 is 0 Å². The number of ether oxygens (including phenoxy) is 1. The minimum atomic E-state index is 0.352. The van der Waals surface area contributed by atoms with E-state index in [2.05, 4.69) is 24.1 Å². The van der Waals surface area contributed by atoms with Gasteiger partial charge in [0.05, 0.1) is 6.10 Å². The first-order chi connectivity index (χ1) is 7.31. The van der Waals surface area contributed by atoms with Crippen LogP contribution in [0.1, 0.15) is 33.1 Å². The Kier molecular flexibility index (Phi) is 4.00. The molecule has 2 aliphatic heterocycles. The highest BCUT2D eigenvalue weighted by molar-refractivity contribution is 4.95. The predicted molar refractivity (Wildman–Crippen MR) is 62.1 cm³/mol. The summed E-state index contributed by atoms with van der Waals surface area (Å²) in [7, 11) is 0. The standard InChI is InChI=1S/C12H24N2O/c1-3-15-10(2)9-13-11-6-8-14-7-4-5-12(11)14/h10-13H,3-9H2,1-2H3. The highest BCUT2D eigenvalue weighted by Crippen LogP contribution is 2.27. The van der Waals surface area contributed by atoms with Gasteiger partial charge in [-0.15, -0.1) is 0 Å². The van der Waals surface area contributed by atoms with E-state index in [1.807, 2.05) is 0 Å². The van der Waals surface area contributed by atoms with Crippen molar-refractivity contribution < 1.29 is 4.74 Å². The van der Waals surface area contributed by atoms with Crippen molar-refractivity contribution in [2.75, 3.05) is 26.2 Å². The molecule has 0 aromatic rings. The van der Waals surface area contributed by atoms with Crippen molar-refractivity contribution in [3.05, 3.63) is 0 Å². The predicted octanol–water partition coefficient (Wildman–Crippen LogP) is 1.24. The third-order valence-corrected chi connectivity index (χ3v) is 3.72. The summed E-state index contributed by atoms with van der Waals surface area (Å²) in [4.78, 5) is 2.64. The van der Waals surface area contributed by atoms with Crippen molar-refractivity contribution in [3.8, 4) is 0 Å². The average Bonchev–Trinajstić information content (AvgIpc) is 2.77. The SMILES string of the molecule is CCOC(C)CNC1CCN2CCCC12. The lowest BCUT2D eigenvalue weighted by Crippen LogP contribution is -2.42. The maximum Gasteiger partial charge on any atom is 0.0671 e. The normalized spacial score (nSPS) is 33.2. The van der Waals surface area contributed by atoms with E-state index in [4.69, 9.17) is 4.74 Å². The maximum atomic E-state index is 5.54. The van der Waals surface area contributed by atoms with Gasteiger partial charge in [-0.05, 0) is 39.7 Å². The smallest absolute Gasteiger partial charge is 0.0671 e. The van der Waals surface area contributed by atoms with Crippen molar-refractivity contribution >= 4 is 0 Å². The molecule has 2 saturated heterocycles. The molecule has 3 atom stereocenters. The Morgan fingerprint density at radius 1 is 1.40 bits per heavy atom. The molecule has 2 fully saturated rings. The molecule has 0 bridgehead atoms. The molecule has 2 rings (SSSR count). The van der Waals surface area contributed by atoms with Crippen LogP contribution in [0.15, 0.2) is 0 Å². The lowest BCUT2D eigenvalue weighted by molar-refractivity contribution is 0.0730. The van der Waals surface area contributed by atoms with Crippen LogP contribution in [0, 0.1) is 0 Å². The molecule has 0 saturated carbocycles. The molecular formula is C12H24N2O. The highest BCUT2D eigenvalue weighted by Gasteiger charge is 2.36. The second kappa shape index (κ2) is 5.28. The Morgan fingerprint density at radius 2 is 2.27 bits per heavy atom. The molecule has 2 heterocycles.